The van der Waals surface area contributed by atoms with E-state index in [9.17, 15) is 9.18 Å². The zero-order valence-electron chi connectivity index (χ0n) is 19.9. The number of hydrogen-bond donors (Lipinski definition) is 0. The van der Waals surface area contributed by atoms with E-state index in [2.05, 4.69) is 25.8 Å². The number of amides is 1. The number of piperidine rings is 1. The fourth-order valence-corrected chi connectivity index (χ4v) is 4.88. The molecule has 0 radical (unpaired) electrons. The zero-order chi connectivity index (χ0) is 23.4. The third-order valence-corrected chi connectivity index (χ3v) is 6.99. The van der Waals surface area contributed by atoms with Gasteiger partial charge in [-0.15, -0.1) is 0 Å². The quantitative estimate of drug-likeness (QED) is 0.581. The minimum atomic E-state index is -0.271. The molecule has 6 heteroatoms. The van der Waals surface area contributed by atoms with Crippen LogP contribution in [0.3, 0.4) is 0 Å². The summed E-state index contributed by atoms with van der Waals surface area (Å²) in [5, 5.41) is 0. The van der Waals surface area contributed by atoms with E-state index in [4.69, 9.17) is 9.47 Å². The van der Waals surface area contributed by atoms with E-state index in [1.54, 1.807) is 0 Å². The fourth-order valence-electron chi connectivity index (χ4n) is 4.88. The lowest BCUT2D eigenvalue weighted by atomic mass is 9.69. The first-order chi connectivity index (χ1) is 15.8. The van der Waals surface area contributed by atoms with Gasteiger partial charge < -0.3 is 14.4 Å². The highest BCUT2D eigenvalue weighted by Gasteiger charge is 2.49. The number of hydrogen-bond acceptors (Lipinski definition) is 4. The summed E-state index contributed by atoms with van der Waals surface area (Å²) < 4.78 is 25.1. The summed E-state index contributed by atoms with van der Waals surface area (Å²) in [6.07, 6.45) is 2.36. The molecule has 0 saturated carbocycles. The van der Waals surface area contributed by atoms with Crippen molar-refractivity contribution >= 4 is 6.09 Å². The van der Waals surface area contributed by atoms with E-state index in [0.717, 1.165) is 42.8 Å². The Labute approximate surface area is 196 Å². The number of carbonyl (C=O) groups excluding carboxylic acids is 1. The molecule has 0 aliphatic carbocycles. The molecule has 2 saturated heterocycles. The molecule has 2 heterocycles. The molecule has 2 aliphatic heterocycles. The monoisotopic (exact) mass is 454 g/mol. The van der Waals surface area contributed by atoms with Crippen molar-refractivity contribution in [3.8, 4) is 5.75 Å². The molecule has 1 spiro atoms. The third kappa shape index (κ3) is 5.67. The molecule has 0 unspecified atom stereocenters. The number of likely N-dealkylation sites (tertiary alicyclic amines) is 1. The van der Waals surface area contributed by atoms with Crippen LogP contribution in [0.1, 0.15) is 37.8 Å². The van der Waals surface area contributed by atoms with Gasteiger partial charge in [0.05, 0.1) is 6.61 Å². The number of nitrogens with zero attached hydrogens (tertiary/aromatic N) is 2. The number of ether oxygens (including phenoxy) is 2. The van der Waals surface area contributed by atoms with Crippen molar-refractivity contribution in [1.29, 1.82) is 0 Å². The van der Waals surface area contributed by atoms with E-state index in [0.29, 0.717) is 32.1 Å². The van der Waals surface area contributed by atoms with E-state index < -0.39 is 0 Å². The minimum absolute atomic E-state index is 0.00483. The first kappa shape index (κ1) is 23.6. The number of benzene rings is 2. The average molecular weight is 455 g/mol. The third-order valence-electron chi connectivity index (χ3n) is 6.99. The van der Waals surface area contributed by atoms with Crippen LogP contribution < -0.4 is 4.74 Å². The van der Waals surface area contributed by atoms with E-state index >= 15 is 0 Å². The van der Waals surface area contributed by atoms with Crippen LogP contribution in [-0.2, 0) is 17.7 Å². The molecule has 0 N–H and O–H groups in total. The first-order valence-corrected chi connectivity index (χ1v) is 11.9. The van der Waals surface area contributed by atoms with Gasteiger partial charge in [-0.3, -0.25) is 4.90 Å². The van der Waals surface area contributed by atoms with E-state index in [1.807, 2.05) is 41.3 Å². The molecule has 1 amide bonds. The van der Waals surface area contributed by atoms with E-state index in [1.165, 1.54) is 12.1 Å². The van der Waals surface area contributed by atoms with Crippen molar-refractivity contribution in [3.63, 3.8) is 0 Å². The minimum Gasteiger partial charge on any atom is -0.493 e. The van der Waals surface area contributed by atoms with Crippen molar-refractivity contribution in [3.05, 3.63) is 65.5 Å². The highest BCUT2D eigenvalue weighted by molar-refractivity contribution is 5.69. The Bertz CT molecular complexity index is 921. The number of halogens is 1. The number of carbonyl (C=O) groups is 1. The van der Waals surface area contributed by atoms with Crippen LogP contribution in [-0.4, -0.2) is 55.3 Å². The summed E-state index contributed by atoms with van der Waals surface area (Å²) >= 11 is 0. The molecule has 1 atom stereocenters. The Morgan fingerprint density at radius 1 is 1.06 bits per heavy atom. The maximum atomic E-state index is 13.5. The molecule has 2 aromatic carbocycles. The van der Waals surface area contributed by atoms with Gasteiger partial charge in [-0.05, 0) is 80.7 Å². The predicted molar refractivity (Wildman–Crippen MR) is 127 cm³/mol. The van der Waals surface area contributed by atoms with Crippen LogP contribution in [0.25, 0.3) is 0 Å². The normalized spacial score (nSPS) is 20.8. The van der Waals surface area contributed by atoms with Gasteiger partial charge in [0.1, 0.15) is 18.2 Å². The molecule has 2 aromatic rings. The number of cyclic esters (lactones) is 1. The topological polar surface area (TPSA) is 42.0 Å². The maximum absolute atomic E-state index is 13.5. The summed E-state index contributed by atoms with van der Waals surface area (Å²) in [4.78, 5) is 17.2. The smallest absolute Gasteiger partial charge is 0.410 e. The van der Waals surface area contributed by atoms with Gasteiger partial charge in [-0.1, -0.05) is 38.1 Å². The molecule has 5 nitrogen and oxygen atoms in total. The van der Waals surface area contributed by atoms with Crippen LogP contribution in [0.5, 0.6) is 5.75 Å². The molecule has 178 valence electrons. The van der Waals surface area contributed by atoms with Crippen LogP contribution in [0.15, 0.2) is 48.5 Å². The molecular weight excluding hydrogens is 419 g/mol. The lowest BCUT2D eigenvalue weighted by Crippen LogP contribution is -2.61. The molecule has 4 rings (SSSR count). The van der Waals surface area contributed by atoms with Crippen LogP contribution >= 0.6 is 0 Å². The van der Waals surface area contributed by atoms with Crippen molar-refractivity contribution in [2.24, 2.45) is 11.3 Å². The van der Waals surface area contributed by atoms with Gasteiger partial charge in [0.2, 0.25) is 0 Å². The fraction of sp³-hybridized carbons (Fsp3) is 0.519. The lowest BCUT2D eigenvalue weighted by Gasteiger charge is -2.52. The van der Waals surface area contributed by atoms with Gasteiger partial charge >= 0.3 is 6.09 Å². The maximum Gasteiger partial charge on any atom is 0.410 e. The highest BCUT2D eigenvalue weighted by Crippen LogP contribution is 2.42. The molecule has 2 fully saturated rings. The molecule has 0 bridgehead atoms. The molecule has 33 heavy (non-hydrogen) atoms. The van der Waals surface area contributed by atoms with Crippen molar-refractivity contribution < 1.29 is 18.7 Å². The van der Waals surface area contributed by atoms with Gasteiger partial charge in [0.15, 0.2) is 0 Å². The summed E-state index contributed by atoms with van der Waals surface area (Å²) in [5.41, 5.74) is 1.98. The zero-order valence-corrected chi connectivity index (χ0v) is 19.9. The summed E-state index contributed by atoms with van der Waals surface area (Å²) in [6, 6.07) is 14.6. The van der Waals surface area contributed by atoms with Crippen molar-refractivity contribution in [1.82, 2.24) is 9.80 Å². The first-order valence-electron chi connectivity index (χ1n) is 11.9. The van der Waals surface area contributed by atoms with Gasteiger partial charge in [-0.25, -0.2) is 9.18 Å². The van der Waals surface area contributed by atoms with Crippen molar-refractivity contribution in [2.75, 3.05) is 33.4 Å². The molecule has 2 aliphatic rings. The van der Waals surface area contributed by atoms with Gasteiger partial charge in [0.25, 0.3) is 0 Å². The summed E-state index contributed by atoms with van der Waals surface area (Å²) in [7, 11) is 2.14. The second kappa shape index (κ2) is 10.1. The van der Waals surface area contributed by atoms with Crippen molar-refractivity contribution in [2.45, 2.75) is 45.7 Å². The van der Waals surface area contributed by atoms with E-state index in [-0.39, 0.29) is 23.4 Å². The SMILES string of the molecule is CC(C)COc1ccc(CN2C(=O)OCC3(CCN(C)CC3)[C@@H]2Cc2ccc(F)cc2)cc1. The highest BCUT2D eigenvalue weighted by atomic mass is 19.1. The van der Waals surface area contributed by atoms with Gasteiger partial charge in [0, 0.05) is 18.0 Å². The Kier molecular flexibility index (Phi) is 7.23. The lowest BCUT2D eigenvalue weighted by molar-refractivity contribution is -0.0780. The summed E-state index contributed by atoms with van der Waals surface area (Å²) in [6.45, 7) is 7.80. The second-order valence-electron chi connectivity index (χ2n) is 10.0. The Morgan fingerprint density at radius 2 is 1.70 bits per heavy atom. The van der Waals surface area contributed by atoms with Crippen LogP contribution in [0, 0.1) is 17.2 Å². The Morgan fingerprint density at radius 3 is 2.33 bits per heavy atom. The largest absolute Gasteiger partial charge is 0.493 e. The van der Waals surface area contributed by atoms with Gasteiger partial charge in [-0.2, -0.15) is 0 Å². The average Bonchev–Trinajstić information content (AvgIpc) is 2.81. The summed E-state index contributed by atoms with van der Waals surface area (Å²) in [5.74, 6) is 1.06. The molecular formula is C27H35FN2O3. The second-order valence-corrected chi connectivity index (χ2v) is 10.0. The Hall–Kier alpha value is -2.60. The number of rotatable bonds is 7. The van der Waals surface area contributed by atoms with Crippen LogP contribution in [0.4, 0.5) is 9.18 Å². The van der Waals surface area contributed by atoms with Crippen LogP contribution in [0.2, 0.25) is 0 Å². The standard InChI is InChI=1S/C27H35FN2O3/c1-20(2)18-32-24-10-6-22(7-11-24)17-30-25(16-21-4-8-23(28)9-5-21)27(19-33-26(30)31)12-14-29(3)15-13-27/h4-11,20,25H,12-19H2,1-3H3/t25-/m0/s1. The predicted octanol–water partition coefficient (Wildman–Crippen LogP) is 5.14. The molecule has 0 aromatic heterocycles. The Balaban J connectivity index is 1.57.